The van der Waals surface area contributed by atoms with E-state index in [0.29, 0.717) is 12.3 Å². The van der Waals surface area contributed by atoms with E-state index in [4.69, 9.17) is 5.26 Å². The molecule has 0 spiro atoms. The number of anilines is 1. The molecular formula is C14H17FN2. The predicted octanol–water partition coefficient (Wildman–Crippen LogP) is 3.34. The van der Waals surface area contributed by atoms with Gasteiger partial charge in [0.15, 0.2) is 0 Å². The average molecular weight is 232 g/mol. The van der Waals surface area contributed by atoms with Crippen LogP contribution in [0.1, 0.15) is 26.7 Å². The highest BCUT2D eigenvalue weighted by atomic mass is 19.1. The van der Waals surface area contributed by atoms with Crippen LogP contribution < -0.4 is 4.90 Å². The number of halogens is 1. The molecule has 1 atom stereocenters. The van der Waals surface area contributed by atoms with Gasteiger partial charge in [0.05, 0.1) is 6.07 Å². The number of hydrogen-bond acceptors (Lipinski definition) is 2. The first-order valence-electron chi connectivity index (χ1n) is 5.96. The van der Waals surface area contributed by atoms with Crippen LogP contribution in [0.2, 0.25) is 0 Å². The Morgan fingerprint density at radius 2 is 2.06 bits per heavy atom. The Morgan fingerprint density at radius 1 is 1.41 bits per heavy atom. The Labute approximate surface area is 102 Å². The fourth-order valence-corrected chi connectivity index (χ4v) is 2.69. The van der Waals surface area contributed by atoms with E-state index in [2.05, 4.69) is 24.8 Å². The normalized spacial score (nSPS) is 22.5. The number of hydrogen-bond donors (Lipinski definition) is 0. The molecule has 1 unspecified atom stereocenters. The SMILES string of the molecule is CC1(C)C(CC#N)CCN1c1ccc(F)cc1. The van der Waals surface area contributed by atoms with Gasteiger partial charge in [-0.3, -0.25) is 0 Å². The van der Waals surface area contributed by atoms with Crippen molar-refractivity contribution in [2.24, 2.45) is 5.92 Å². The van der Waals surface area contributed by atoms with Gasteiger partial charge >= 0.3 is 0 Å². The van der Waals surface area contributed by atoms with Crippen LogP contribution in [-0.4, -0.2) is 12.1 Å². The third-order valence-electron chi connectivity index (χ3n) is 3.87. The van der Waals surface area contributed by atoms with Crippen LogP contribution in [0.25, 0.3) is 0 Å². The van der Waals surface area contributed by atoms with E-state index < -0.39 is 0 Å². The maximum Gasteiger partial charge on any atom is 0.123 e. The minimum absolute atomic E-state index is 0.0342. The van der Waals surface area contributed by atoms with Crippen LogP contribution in [0.15, 0.2) is 24.3 Å². The second-order valence-electron chi connectivity index (χ2n) is 5.13. The summed E-state index contributed by atoms with van der Waals surface area (Å²) in [5, 5.41) is 8.83. The number of benzene rings is 1. The third-order valence-corrected chi connectivity index (χ3v) is 3.87. The summed E-state index contributed by atoms with van der Waals surface area (Å²) in [5.41, 5.74) is 1.00. The van der Waals surface area contributed by atoms with E-state index in [-0.39, 0.29) is 11.4 Å². The van der Waals surface area contributed by atoms with E-state index in [1.807, 2.05) is 12.1 Å². The first-order chi connectivity index (χ1) is 8.05. The highest BCUT2D eigenvalue weighted by Gasteiger charge is 2.40. The lowest BCUT2D eigenvalue weighted by atomic mass is 9.86. The molecule has 0 bridgehead atoms. The van der Waals surface area contributed by atoms with Crippen molar-refractivity contribution in [1.29, 1.82) is 5.26 Å². The first-order valence-corrected chi connectivity index (χ1v) is 5.96. The number of nitrogens with zero attached hydrogens (tertiary/aromatic N) is 2. The summed E-state index contributed by atoms with van der Waals surface area (Å²) in [5.74, 6) is 0.178. The first kappa shape index (κ1) is 11.9. The van der Waals surface area contributed by atoms with Crippen molar-refractivity contribution in [3.8, 4) is 6.07 Å². The molecule has 2 rings (SSSR count). The fourth-order valence-electron chi connectivity index (χ4n) is 2.69. The summed E-state index contributed by atoms with van der Waals surface area (Å²) in [6.45, 7) is 5.25. The van der Waals surface area contributed by atoms with E-state index in [1.165, 1.54) is 12.1 Å². The highest BCUT2D eigenvalue weighted by molar-refractivity contribution is 5.50. The van der Waals surface area contributed by atoms with Gasteiger partial charge in [0, 0.05) is 24.2 Å². The largest absolute Gasteiger partial charge is 0.366 e. The van der Waals surface area contributed by atoms with Crippen LogP contribution in [0.4, 0.5) is 10.1 Å². The third kappa shape index (κ3) is 2.12. The van der Waals surface area contributed by atoms with E-state index in [1.54, 1.807) is 0 Å². The average Bonchev–Trinajstić information content (AvgIpc) is 2.57. The topological polar surface area (TPSA) is 27.0 Å². The van der Waals surface area contributed by atoms with Gasteiger partial charge in [0.1, 0.15) is 5.82 Å². The number of rotatable bonds is 2. The molecule has 1 aliphatic heterocycles. The monoisotopic (exact) mass is 232 g/mol. The van der Waals surface area contributed by atoms with Gasteiger partial charge in [-0.15, -0.1) is 0 Å². The molecule has 3 heteroatoms. The molecule has 1 aromatic rings. The molecule has 0 saturated carbocycles. The summed E-state index contributed by atoms with van der Waals surface area (Å²) in [4.78, 5) is 2.27. The summed E-state index contributed by atoms with van der Waals surface area (Å²) < 4.78 is 12.9. The quantitative estimate of drug-likeness (QED) is 0.782. The zero-order valence-electron chi connectivity index (χ0n) is 10.3. The van der Waals surface area contributed by atoms with Crippen molar-refractivity contribution < 1.29 is 4.39 Å². The molecule has 90 valence electrons. The second-order valence-corrected chi connectivity index (χ2v) is 5.13. The Balaban J connectivity index is 2.24. The molecule has 17 heavy (non-hydrogen) atoms. The molecule has 1 heterocycles. The summed E-state index contributed by atoms with van der Waals surface area (Å²) >= 11 is 0. The van der Waals surface area contributed by atoms with Gasteiger partial charge in [-0.05, 0) is 50.5 Å². The van der Waals surface area contributed by atoms with Crippen molar-refractivity contribution >= 4 is 5.69 Å². The Morgan fingerprint density at radius 3 is 2.65 bits per heavy atom. The smallest absolute Gasteiger partial charge is 0.123 e. The minimum atomic E-state index is -0.209. The van der Waals surface area contributed by atoms with Crippen LogP contribution in [0.5, 0.6) is 0 Å². The Kier molecular flexibility index (Phi) is 3.06. The molecule has 0 aromatic heterocycles. The van der Waals surface area contributed by atoms with Gasteiger partial charge in [-0.2, -0.15) is 5.26 Å². The van der Waals surface area contributed by atoms with E-state index >= 15 is 0 Å². The molecule has 1 saturated heterocycles. The molecule has 0 amide bonds. The maximum atomic E-state index is 12.9. The van der Waals surface area contributed by atoms with Gasteiger partial charge in [-0.1, -0.05) is 0 Å². The number of nitriles is 1. The van der Waals surface area contributed by atoms with Crippen molar-refractivity contribution in [1.82, 2.24) is 0 Å². The summed E-state index contributed by atoms with van der Waals surface area (Å²) in [6, 6.07) is 8.86. The molecule has 0 N–H and O–H groups in total. The zero-order valence-corrected chi connectivity index (χ0v) is 10.3. The lowest BCUT2D eigenvalue weighted by Crippen LogP contribution is -2.42. The molecular weight excluding hydrogens is 215 g/mol. The van der Waals surface area contributed by atoms with Crippen molar-refractivity contribution in [2.75, 3.05) is 11.4 Å². The van der Waals surface area contributed by atoms with Crippen molar-refractivity contribution in [2.45, 2.75) is 32.2 Å². The molecule has 0 aliphatic carbocycles. The van der Waals surface area contributed by atoms with Crippen LogP contribution in [-0.2, 0) is 0 Å². The minimum Gasteiger partial charge on any atom is -0.366 e. The van der Waals surface area contributed by atoms with E-state index in [0.717, 1.165) is 18.7 Å². The van der Waals surface area contributed by atoms with E-state index in [9.17, 15) is 4.39 Å². The van der Waals surface area contributed by atoms with Gasteiger partial charge in [-0.25, -0.2) is 4.39 Å². The maximum absolute atomic E-state index is 12.9. The van der Waals surface area contributed by atoms with Gasteiger partial charge in [0.2, 0.25) is 0 Å². The molecule has 0 radical (unpaired) electrons. The highest BCUT2D eigenvalue weighted by Crippen LogP contribution is 2.39. The van der Waals surface area contributed by atoms with Crippen molar-refractivity contribution in [3.63, 3.8) is 0 Å². The van der Waals surface area contributed by atoms with Crippen LogP contribution in [0, 0.1) is 23.1 Å². The molecule has 2 nitrogen and oxygen atoms in total. The second kappa shape index (κ2) is 4.37. The molecule has 1 aromatic carbocycles. The fraction of sp³-hybridized carbons (Fsp3) is 0.500. The van der Waals surface area contributed by atoms with Crippen LogP contribution >= 0.6 is 0 Å². The zero-order chi connectivity index (χ0) is 12.5. The van der Waals surface area contributed by atoms with Crippen molar-refractivity contribution in [3.05, 3.63) is 30.1 Å². The Hall–Kier alpha value is -1.56. The molecule has 1 aliphatic rings. The molecule has 1 fully saturated rings. The van der Waals surface area contributed by atoms with Crippen LogP contribution in [0.3, 0.4) is 0 Å². The Bertz CT molecular complexity index is 431. The van der Waals surface area contributed by atoms with Gasteiger partial charge < -0.3 is 4.90 Å². The lowest BCUT2D eigenvalue weighted by Gasteiger charge is -2.37. The lowest BCUT2D eigenvalue weighted by molar-refractivity contribution is 0.371. The predicted molar refractivity (Wildman–Crippen MR) is 66.2 cm³/mol. The summed E-state index contributed by atoms with van der Waals surface area (Å²) in [6.07, 6.45) is 1.61. The standard InChI is InChI=1S/C14H17FN2/c1-14(2)11(7-9-16)8-10-17(14)13-5-3-12(15)4-6-13/h3-6,11H,7-8,10H2,1-2H3. The summed E-state index contributed by atoms with van der Waals surface area (Å²) in [7, 11) is 0. The van der Waals surface area contributed by atoms with Gasteiger partial charge in [0.25, 0.3) is 0 Å².